The molecular formula is C42H68N2O7. The lowest BCUT2D eigenvalue weighted by atomic mass is 10.1. The zero-order valence-corrected chi connectivity index (χ0v) is 31.6. The second kappa shape index (κ2) is 36.1. The number of carboxylic acid groups (broad SMARTS) is 1. The number of nitrogens with one attached hydrogen (secondary N) is 2. The largest absolute Gasteiger partial charge is 0.480 e. The minimum Gasteiger partial charge on any atom is -0.480 e. The van der Waals surface area contributed by atoms with E-state index in [1.165, 1.54) is 6.42 Å². The highest BCUT2D eigenvalue weighted by molar-refractivity contribution is 5.87. The summed E-state index contributed by atoms with van der Waals surface area (Å²) < 4.78 is 5.83. The zero-order valence-electron chi connectivity index (χ0n) is 31.6. The first-order valence-corrected chi connectivity index (χ1v) is 19.3. The van der Waals surface area contributed by atoms with Crippen molar-refractivity contribution in [3.05, 3.63) is 72.9 Å². The molecule has 0 heterocycles. The second-order valence-corrected chi connectivity index (χ2v) is 12.6. The molecule has 0 bridgehead atoms. The summed E-state index contributed by atoms with van der Waals surface area (Å²) in [5, 5.41) is 22.4. The Balaban J connectivity index is 4.20. The summed E-state index contributed by atoms with van der Waals surface area (Å²) in [6.45, 7) is 3.25. The fourth-order valence-electron chi connectivity index (χ4n) is 4.94. The Hall–Kier alpha value is -3.72. The number of hydrogen-bond donors (Lipinski definition) is 4. The van der Waals surface area contributed by atoms with Gasteiger partial charge in [-0.3, -0.25) is 14.4 Å². The Kier molecular flexibility index (Phi) is 33.5. The summed E-state index contributed by atoms with van der Waals surface area (Å²) in [4.78, 5) is 47.3. The average molecular weight is 713 g/mol. The van der Waals surface area contributed by atoms with Crippen molar-refractivity contribution < 1.29 is 34.1 Å². The number of amides is 2. The van der Waals surface area contributed by atoms with Crippen molar-refractivity contribution in [1.29, 1.82) is 0 Å². The zero-order chi connectivity index (χ0) is 37.6. The first kappa shape index (κ1) is 47.3. The van der Waals surface area contributed by atoms with Crippen LogP contribution in [0.2, 0.25) is 0 Å². The molecule has 0 rings (SSSR count). The first-order valence-electron chi connectivity index (χ1n) is 19.3. The van der Waals surface area contributed by atoms with E-state index in [2.05, 4.69) is 91.3 Å². The molecule has 0 fully saturated rings. The number of hydrogen-bond acceptors (Lipinski definition) is 6. The molecule has 2 unspecified atom stereocenters. The highest BCUT2D eigenvalue weighted by atomic mass is 16.5. The van der Waals surface area contributed by atoms with Crippen LogP contribution in [0.25, 0.3) is 0 Å². The molecule has 0 aliphatic rings. The lowest BCUT2D eigenvalue weighted by molar-refractivity contribution is -0.147. The number of aliphatic hydroxyl groups is 1. The van der Waals surface area contributed by atoms with Gasteiger partial charge in [0.05, 0.1) is 13.2 Å². The Labute approximate surface area is 308 Å². The van der Waals surface area contributed by atoms with E-state index in [1.807, 2.05) is 6.08 Å². The van der Waals surface area contributed by atoms with Gasteiger partial charge in [0.25, 0.3) is 0 Å². The number of carboxylic acids is 1. The van der Waals surface area contributed by atoms with Crippen LogP contribution in [0.3, 0.4) is 0 Å². The predicted molar refractivity (Wildman–Crippen MR) is 208 cm³/mol. The van der Waals surface area contributed by atoms with E-state index in [1.54, 1.807) is 0 Å². The number of ether oxygens (including phenoxy) is 1. The third kappa shape index (κ3) is 33.2. The summed E-state index contributed by atoms with van der Waals surface area (Å²) in [6, 6.07) is -1.39. The van der Waals surface area contributed by atoms with Gasteiger partial charge in [-0.05, 0) is 89.5 Å². The number of carbonyl (C=O) groups excluding carboxylic acids is 3. The number of aliphatic hydroxyl groups excluding tert-OH is 1. The summed E-state index contributed by atoms with van der Waals surface area (Å²) >= 11 is 0. The van der Waals surface area contributed by atoms with Crippen molar-refractivity contribution in [2.24, 2.45) is 0 Å². The number of rotatable bonds is 33. The van der Waals surface area contributed by atoms with Crippen LogP contribution in [0, 0.1) is 0 Å². The molecule has 0 aromatic heterocycles. The van der Waals surface area contributed by atoms with E-state index in [9.17, 15) is 19.2 Å². The van der Waals surface area contributed by atoms with Crippen LogP contribution in [0.4, 0.5) is 0 Å². The van der Waals surface area contributed by atoms with Crippen molar-refractivity contribution >= 4 is 23.8 Å². The normalized spacial score (nSPS) is 13.3. The number of esters is 1. The smallest absolute Gasteiger partial charge is 0.328 e. The highest BCUT2D eigenvalue weighted by Gasteiger charge is 2.18. The highest BCUT2D eigenvalue weighted by Crippen LogP contribution is 2.14. The summed E-state index contributed by atoms with van der Waals surface area (Å²) in [5.41, 5.74) is 0. The van der Waals surface area contributed by atoms with Gasteiger partial charge in [0.2, 0.25) is 11.8 Å². The SMILES string of the molecule is CC/C=C\C/C=C\C/C=C\C/C=C\C/C=C\CCCCCC(=O)OC(/C=C\CCCCC)CCCCCCC(=O)NCC(=O)NC(CO)C(=O)O. The quantitative estimate of drug-likeness (QED) is 0.0303. The molecule has 288 valence electrons. The summed E-state index contributed by atoms with van der Waals surface area (Å²) in [7, 11) is 0. The third-order valence-electron chi connectivity index (χ3n) is 7.92. The maximum atomic E-state index is 12.6. The van der Waals surface area contributed by atoms with Crippen molar-refractivity contribution in [3.63, 3.8) is 0 Å². The van der Waals surface area contributed by atoms with Crippen molar-refractivity contribution in [2.45, 2.75) is 154 Å². The Bertz CT molecular complexity index is 1090. The van der Waals surface area contributed by atoms with Crippen LogP contribution in [0.5, 0.6) is 0 Å². The molecule has 2 atom stereocenters. The second-order valence-electron chi connectivity index (χ2n) is 12.6. The monoisotopic (exact) mass is 713 g/mol. The summed E-state index contributed by atoms with van der Waals surface area (Å²) in [6.07, 6.45) is 43.9. The predicted octanol–water partition coefficient (Wildman–Crippen LogP) is 8.76. The van der Waals surface area contributed by atoms with E-state index in [0.717, 1.165) is 103 Å². The molecule has 0 saturated carbocycles. The van der Waals surface area contributed by atoms with E-state index in [4.69, 9.17) is 14.9 Å². The fourth-order valence-corrected chi connectivity index (χ4v) is 4.94. The van der Waals surface area contributed by atoms with Crippen LogP contribution < -0.4 is 10.6 Å². The maximum Gasteiger partial charge on any atom is 0.328 e. The van der Waals surface area contributed by atoms with Gasteiger partial charge in [-0.25, -0.2) is 4.79 Å². The van der Waals surface area contributed by atoms with Gasteiger partial charge >= 0.3 is 11.9 Å². The molecule has 4 N–H and O–H groups in total. The molecule has 0 aromatic rings. The maximum absolute atomic E-state index is 12.6. The molecule has 0 aliphatic carbocycles. The van der Waals surface area contributed by atoms with E-state index < -0.39 is 24.5 Å². The van der Waals surface area contributed by atoms with Gasteiger partial charge in [0.1, 0.15) is 12.1 Å². The molecule has 0 saturated heterocycles. The molecule has 0 aliphatic heterocycles. The molecular weight excluding hydrogens is 644 g/mol. The van der Waals surface area contributed by atoms with Crippen molar-refractivity contribution in [3.8, 4) is 0 Å². The Morgan fingerprint density at radius 1 is 0.627 bits per heavy atom. The Morgan fingerprint density at radius 3 is 1.78 bits per heavy atom. The molecule has 0 radical (unpaired) electrons. The van der Waals surface area contributed by atoms with E-state index >= 15 is 0 Å². The van der Waals surface area contributed by atoms with Crippen LogP contribution in [-0.4, -0.2) is 59.3 Å². The van der Waals surface area contributed by atoms with Gasteiger partial charge in [0.15, 0.2) is 0 Å². The van der Waals surface area contributed by atoms with Gasteiger partial charge in [0, 0.05) is 12.8 Å². The Morgan fingerprint density at radius 2 is 1.18 bits per heavy atom. The van der Waals surface area contributed by atoms with E-state index in [-0.39, 0.29) is 30.9 Å². The minimum absolute atomic E-state index is 0.151. The molecule has 2 amide bonds. The topological polar surface area (TPSA) is 142 Å². The van der Waals surface area contributed by atoms with Crippen molar-refractivity contribution in [2.75, 3.05) is 13.2 Å². The fraction of sp³-hybridized carbons (Fsp3) is 0.619. The average Bonchev–Trinajstić information content (AvgIpc) is 3.11. The summed E-state index contributed by atoms with van der Waals surface area (Å²) in [5.74, 6) is -2.46. The van der Waals surface area contributed by atoms with Gasteiger partial charge < -0.3 is 25.6 Å². The molecule has 9 heteroatoms. The van der Waals surface area contributed by atoms with Crippen LogP contribution in [-0.2, 0) is 23.9 Å². The number of unbranched alkanes of at least 4 members (excludes halogenated alkanes) is 9. The standard InChI is InChI=1S/C42H68N2O7/c1-3-5-7-9-10-11-12-13-14-15-16-17-18-19-20-21-22-24-30-34-41(48)51-37(31-27-23-8-6-4-2)32-28-25-26-29-33-39(46)43-35-40(47)44-38(36-45)42(49)50/h5,7,10-11,13-14,16-17,19-20,27,31,37-38,45H,3-4,6,8-9,12,15,18,21-26,28-30,32-36H2,1-2H3,(H,43,46)(H,44,47)(H,49,50)/b7-5-,11-10-,14-13-,17-16-,20-19-,31-27-. The van der Waals surface area contributed by atoms with Crippen LogP contribution in [0.1, 0.15) is 142 Å². The van der Waals surface area contributed by atoms with Gasteiger partial charge in [-0.2, -0.15) is 0 Å². The van der Waals surface area contributed by atoms with Crippen molar-refractivity contribution in [1.82, 2.24) is 10.6 Å². The lowest BCUT2D eigenvalue weighted by Gasteiger charge is -2.15. The lowest BCUT2D eigenvalue weighted by Crippen LogP contribution is -2.47. The van der Waals surface area contributed by atoms with Gasteiger partial charge in [-0.15, -0.1) is 0 Å². The molecule has 51 heavy (non-hydrogen) atoms. The minimum atomic E-state index is -1.39. The third-order valence-corrected chi connectivity index (χ3v) is 7.92. The van der Waals surface area contributed by atoms with Crippen LogP contribution >= 0.6 is 0 Å². The first-order chi connectivity index (χ1) is 24.8. The molecule has 0 aromatic carbocycles. The molecule has 0 spiro atoms. The molecule has 9 nitrogen and oxygen atoms in total. The number of allylic oxidation sites excluding steroid dienone is 11. The van der Waals surface area contributed by atoms with Crippen LogP contribution in [0.15, 0.2) is 72.9 Å². The van der Waals surface area contributed by atoms with E-state index in [0.29, 0.717) is 12.8 Å². The number of aliphatic carboxylic acids is 1. The van der Waals surface area contributed by atoms with Gasteiger partial charge in [-0.1, -0.05) is 113 Å². The number of carbonyl (C=O) groups is 4.